The minimum absolute atomic E-state index is 0.101. The molecule has 0 saturated carbocycles. The van der Waals surface area contributed by atoms with Gasteiger partial charge >= 0.3 is 0 Å². The summed E-state index contributed by atoms with van der Waals surface area (Å²) in [5, 5.41) is 9.29. The maximum atomic E-state index is 13.0. The number of nitrogens with two attached hydrogens (primary N) is 1. The molecular formula is C10H13F2NO2. The van der Waals surface area contributed by atoms with Crippen LogP contribution >= 0.6 is 0 Å². The van der Waals surface area contributed by atoms with Crippen LogP contribution in [0.3, 0.4) is 0 Å². The summed E-state index contributed by atoms with van der Waals surface area (Å²) in [7, 11) is 0. The van der Waals surface area contributed by atoms with Gasteiger partial charge in [-0.3, -0.25) is 0 Å². The van der Waals surface area contributed by atoms with E-state index in [4.69, 9.17) is 10.5 Å². The molecule has 0 radical (unpaired) electrons. The van der Waals surface area contributed by atoms with E-state index < -0.39 is 23.8 Å². The molecule has 15 heavy (non-hydrogen) atoms. The highest BCUT2D eigenvalue weighted by Crippen LogP contribution is 2.17. The fraction of sp³-hybridized carbons (Fsp3) is 0.400. The quantitative estimate of drug-likeness (QED) is 0.792. The van der Waals surface area contributed by atoms with Gasteiger partial charge < -0.3 is 15.6 Å². The molecule has 0 fully saturated rings. The second kappa shape index (κ2) is 5.04. The molecule has 1 rings (SSSR count). The molecule has 0 amide bonds. The molecule has 0 bridgehead atoms. The molecule has 1 aromatic rings. The van der Waals surface area contributed by atoms with Crippen LogP contribution in [0.15, 0.2) is 18.2 Å². The monoisotopic (exact) mass is 217 g/mol. The third-order valence-electron chi connectivity index (χ3n) is 1.91. The Morgan fingerprint density at radius 2 is 2.13 bits per heavy atom. The highest BCUT2D eigenvalue weighted by Gasteiger charge is 2.12. The first-order valence-electron chi connectivity index (χ1n) is 4.52. The van der Waals surface area contributed by atoms with Crippen molar-refractivity contribution in [2.75, 3.05) is 6.61 Å². The lowest BCUT2D eigenvalue weighted by molar-refractivity contribution is 0.0880. The molecule has 84 valence electrons. The lowest BCUT2D eigenvalue weighted by Gasteiger charge is -2.15. The molecule has 0 aliphatic rings. The van der Waals surface area contributed by atoms with Gasteiger partial charge in [0.15, 0.2) is 11.6 Å². The van der Waals surface area contributed by atoms with E-state index in [1.807, 2.05) is 0 Å². The lowest BCUT2D eigenvalue weighted by Crippen LogP contribution is -2.36. The topological polar surface area (TPSA) is 55.5 Å². The smallest absolute Gasteiger partial charge is 0.167 e. The SMILES string of the molecule is C[C@H](N)[C@H](O)COc1ccc(F)cc1F. The molecule has 3 N–H and O–H groups in total. The Hall–Kier alpha value is -1.20. The normalized spacial score (nSPS) is 14.7. The van der Waals surface area contributed by atoms with Gasteiger partial charge in [-0.15, -0.1) is 0 Å². The van der Waals surface area contributed by atoms with Gasteiger partial charge in [0.25, 0.3) is 0 Å². The van der Waals surface area contributed by atoms with E-state index >= 15 is 0 Å². The van der Waals surface area contributed by atoms with E-state index in [1.54, 1.807) is 6.92 Å². The molecule has 0 aromatic heterocycles. The Balaban J connectivity index is 2.58. The molecule has 3 nitrogen and oxygen atoms in total. The zero-order chi connectivity index (χ0) is 11.4. The number of hydrogen-bond acceptors (Lipinski definition) is 3. The molecule has 0 aliphatic carbocycles. The average Bonchev–Trinajstić information content (AvgIpc) is 2.15. The van der Waals surface area contributed by atoms with E-state index in [0.29, 0.717) is 6.07 Å². The summed E-state index contributed by atoms with van der Waals surface area (Å²) < 4.78 is 30.5. The van der Waals surface area contributed by atoms with Crippen LogP contribution in [0, 0.1) is 11.6 Å². The summed E-state index contributed by atoms with van der Waals surface area (Å²) in [6, 6.07) is 2.50. The first-order valence-corrected chi connectivity index (χ1v) is 4.52. The van der Waals surface area contributed by atoms with Crippen LogP contribution in [0.1, 0.15) is 6.92 Å². The molecule has 0 aliphatic heterocycles. The standard InChI is InChI=1S/C10H13F2NO2/c1-6(13)9(14)5-15-10-3-2-7(11)4-8(10)12/h2-4,6,9,14H,5,13H2,1H3/t6-,9+/m0/s1. The second-order valence-corrected chi connectivity index (χ2v) is 3.31. The Kier molecular flexibility index (Phi) is 3.99. The number of hydrogen-bond donors (Lipinski definition) is 2. The van der Waals surface area contributed by atoms with Gasteiger partial charge in [0.2, 0.25) is 0 Å². The van der Waals surface area contributed by atoms with Crippen molar-refractivity contribution in [3.05, 3.63) is 29.8 Å². The van der Waals surface area contributed by atoms with Crippen molar-refractivity contribution in [3.8, 4) is 5.75 Å². The van der Waals surface area contributed by atoms with E-state index in [0.717, 1.165) is 6.07 Å². The summed E-state index contributed by atoms with van der Waals surface area (Å²) in [6.45, 7) is 1.48. The molecular weight excluding hydrogens is 204 g/mol. The molecule has 5 heteroatoms. The zero-order valence-corrected chi connectivity index (χ0v) is 8.28. The first kappa shape index (κ1) is 11.9. The lowest BCUT2D eigenvalue weighted by atomic mass is 10.2. The number of aliphatic hydroxyl groups is 1. The summed E-state index contributed by atoms with van der Waals surface area (Å²) >= 11 is 0. The van der Waals surface area contributed by atoms with Gasteiger partial charge in [-0.1, -0.05) is 0 Å². The average molecular weight is 217 g/mol. The molecule has 0 heterocycles. The number of benzene rings is 1. The Morgan fingerprint density at radius 1 is 1.47 bits per heavy atom. The molecule has 0 spiro atoms. The number of rotatable bonds is 4. The molecule has 1 aromatic carbocycles. The largest absolute Gasteiger partial charge is 0.488 e. The molecule has 2 atom stereocenters. The molecule has 0 unspecified atom stereocenters. The first-order chi connectivity index (χ1) is 7.00. The number of aliphatic hydroxyl groups excluding tert-OH is 1. The van der Waals surface area contributed by atoms with Crippen molar-refractivity contribution in [1.82, 2.24) is 0 Å². The van der Waals surface area contributed by atoms with Crippen LogP contribution < -0.4 is 10.5 Å². The van der Waals surface area contributed by atoms with Gasteiger partial charge in [-0.05, 0) is 19.1 Å². The van der Waals surface area contributed by atoms with Crippen molar-refractivity contribution < 1.29 is 18.6 Å². The van der Waals surface area contributed by atoms with Gasteiger partial charge in [0, 0.05) is 12.1 Å². The predicted molar refractivity (Wildman–Crippen MR) is 51.5 cm³/mol. The van der Waals surface area contributed by atoms with E-state index in [-0.39, 0.29) is 12.4 Å². The van der Waals surface area contributed by atoms with Crippen LogP contribution in [0.2, 0.25) is 0 Å². The van der Waals surface area contributed by atoms with Crippen molar-refractivity contribution in [2.24, 2.45) is 5.73 Å². The maximum Gasteiger partial charge on any atom is 0.167 e. The Bertz CT molecular complexity index is 331. The van der Waals surface area contributed by atoms with Crippen molar-refractivity contribution in [3.63, 3.8) is 0 Å². The van der Waals surface area contributed by atoms with E-state index in [1.165, 1.54) is 6.07 Å². The summed E-state index contributed by atoms with van der Waals surface area (Å²) in [5.41, 5.74) is 5.38. The van der Waals surface area contributed by atoms with Crippen LogP contribution in [0.4, 0.5) is 8.78 Å². The Labute approximate surface area is 86.5 Å². The highest BCUT2D eigenvalue weighted by molar-refractivity contribution is 5.24. The maximum absolute atomic E-state index is 13.0. The van der Waals surface area contributed by atoms with Gasteiger partial charge in [0.05, 0.1) is 0 Å². The summed E-state index contributed by atoms with van der Waals surface area (Å²) in [6.07, 6.45) is -0.880. The third-order valence-corrected chi connectivity index (χ3v) is 1.91. The van der Waals surface area contributed by atoms with Crippen LogP contribution in [0.25, 0.3) is 0 Å². The minimum Gasteiger partial charge on any atom is -0.488 e. The summed E-state index contributed by atoms with van der Waals surface area (Å²) in [5.74, 6) is -1.57. The number of ether oxygens (including phenoxy) is 1. The molecule has 0 saturated heterocycles. The van der Waals surface area contributed by atoms with Crippen LogP contribution in [0.5, 0.6) is 5.75 Å². The predicted octanol–water partition coefficient (Wildman–Crippen LogP) is 1.05. The van der Waals surface area contributed by atoms with Gasteiger partial charge in [0.1, 0.15) is 18.5 Å². The van der Waals surface area contributed by atoms with Gasteiger partial charge in [-0.2, -0.15) is 0 Å². The van der Waals surface area contributed by atoms with Crippen molar-refractivity contribution >= 4 is 0 Å². The van der Waals surface area contributed by atoms with Crippen molar-refractivity contribution in [2.45, 2.75) is 19.1 Å². The highest BCUT2D eigenvalue weighted by atomic mass is 19.1. The zero-order valence-electron chi connectivity index (χ0n) is 8.28. The van der Waals surface area contributed by atoms with E-state index in [2.05, 4.69) is 0 Å². The fourth-order valence-electron chi connectivity index (χ4n) is 0.919. The van der Waals surface area contributed by atoms with Crippen molar-refractivity contribution in [1.29, 1.82) is 0 Å². The second-order valence-electron chi connectivity index (χ2n) is 3.31. The van der Waals surface area contributed by atoms with Crippen LogP contribution in [-0.4, -0.2) is 23.9 Å². The fourth-order valence-corrected chi connectivity index (χ4v) is 0.919. The summed E-state index contributed by atoms with van der Waals surface area (Å²) in [4.78, 5) is 0. The van der Waals surface area contributed by atoms with Gasteiger partial charge in [-0.25, -0.2) is 8.78 Å². The Morgan fingerprint density at radius 3 is 2.67 bits per heavy atom. The number of halogens is 2. The third kappa shape index (κ3) is 3.45. The van der Waals surface area contributed by atoms with E-state index in [9.17, 15) is 13.9 Å². The van der Waals surface area contributed by atoms with Crippen LogP contribution in [-0.2, 0) is 0 Å². The minimum atomic E-state index is -0.880.